The zero-order chi connectivity index (χ0) is 22.4. The predicted octanol–water partition coefficient (Wildman–Crippen LogP) is 4.55. The maximum Gasteiger partial charge on any atom is 0.508 e. The van der Waals surface area contributed by atoms with Gasteiger partial charge in [0.1, 0.15) is 6.61 Å². The summed E-state index contributed by atoms with van der Waals surface area (Å²) in [7, 11) is 0. The van der Waals surface area contributed by atoms with Crippen LogP contribution in [0.5, 0.6) is 0 Å². The van der Waals surface area contributed by atoms with E-state index in [1.165, 1.54) is 0 Å². The molecule has 30 heavy (non-hydrogen) atoms. The molecule has 0 aromatic heterocycles. The van der Waals surface area contributed by atoms with Crippen molar-refractivity contribution in [3.8, 4) is 0 Å². The maximum absolute atomic E-state index is 13.0. The fraction of sp³-hybridized carbons (Fsp3) is 0.500. The Morgan fingerprint density at radius 3 is 2.07 bits per heavy atom. The Balaban J connectivity index is 2.98. The van der Waals surface area contributed by atoms with Crippen LogP contribution in [0.3, 0.4) is 0 Å². The fourth-order valence-corrected chi connectivity index (χ4v) is 3.75. The molecular weight excluding hydrogens is 503 g/mol. The number of halogens is 1. The van der Waals surface area contributed by atoms with Gasteiger partial charge in [0.15, 0.2) is 5.41 Å². The summed E-state index contributed by atoms with van der Waals surface area (Å²) in [6, 6.07) is 7.24. The van der Waals surface area contributed by atoms with E-state index in [4.69, 9.17) is 14.2 Å². The summed E-state index contributed by atoms with van der Waals surface area (Å²) in [5.41, 5.74) is -0.948. The highest BCUT2D eigenvalue weighted by Gasteiger charge is 2.50. The molecule has 0 aliphatic rings. The summed E-state index contributed by atoms with van der Waals surface area (Å²) < 4.78 is 20.9. The van der Waals surface area contributed by atoms with E-state index in [1.54, 1.807) is 39.0 Å². The van der Waals surface area contributed by atoms with E-state index in [2.05, 4.69) is 27.3 Å². The van der Waals surface area contributed by atoms with Crippen LogP contribution in [-0.2, 0) is 34.0 Å². The van der Waals surface area contributed by atoms with Gasteiger partial charge in [0.05, 0.1) is 19.8 Å². The third kappa shape index (κ3) is 7.30. The van der Waals surface area contributed by atoms with Gasteiger partial charge in [-0.05, 0) is 74.3 Å². The van der Waals surface area contributed by atoms with Crippen molar-refractivity contribution in [2.45, 2.75) is 45.4 Å². The van der Waals surface area contributed by atoms with E-state index >= 15 is 0 Å². The monoisotopic (exact) mass is 532 g/mol. The summed E-state index contributed by atoms with van der Waals surface area (Å²) in [4.78, 5) is 37.2. The first-order valence-electron chi connectivity index (χ1n) is 9.97. The molecule has 0 bridgehead atoms. The van der Waals surface area contributed by atoms with Gasteiger partial charge in [-0.25, -0.2) is 4.79 Å². The van der Waals surface area contributed by atoms with E-state index in [1.807, 2.05) is 18.2 Å². The second-order valence-electron chi connectivity index (χ2n) is 6.18. The lowest BCUT2D eigenvalue weighted by Gasteiger charge is -2.30. The van der Waals surface area contributed by atoms with Crippen molar-refractivity contribution in [3.05, 3.63) is 45.6 Å². The van der Waals surface area contributed by atoms with Crippen molar-refractivity contribution in [1.29, 1.82) is 0 Å². The van der Waals surface area contributed by atoms with Crippen molar-refractivity contribution >= 4 is 40.7 Å². The number of hydrogen-bond donors (Lipinski definition) is 0. The van der Waals surface area contributed by atoms with Gasteiger partial charge in [0.2, 0.25) is 0 Å². The molecule has 0 atom stereocenters. The van der Waals surface area contributed by atoms with Crippen LogP contribution < -0.4 is 0 Å². The average Bonchev–Trinajstić information content (AvgIpc) is 2.71. The molecule has 166 valence electrons. The highest BCUT2D eigenvalue weighted by Crippen LogP contribution is 2.36. The van der Waals surface area contributed by atoms with Crippen LogP contribution >= 0.6 is 22.6 Å². The van der Waals surface area contributed by atoms with Gasteiger partial charge in [-0.3, -0.25) is 9.59 Å². The minimum atomic E-state index is -1.53. The summed E-state index contributed by atoms with van der Waals surface area (Å²) in [6.07, 6.45) is 4.14. The second kappa shape index (κ2) is 14.0. The SMILES string of the molecule is CCOC(=O)OC/C=C/CCCC(C(=O)OCC)(C(=O)OCC)c1ccccc1I. The van der Waals surface area contributed by atoms with Crippen LogP contribution in [0.25, 0.3) is 0 Å². The van der Waals surface area contributed by atoms with Crippen LogP contribution in [0.4, 0.5) is 4.79 Å². The zero-order valence-electron chi connectivity index (χ0n) is 17.6. The lowest BCUT2D eigenvalue weighted by molar-refractivity contribution is -0.165. The average molecular weight is 532 g/mol. The number of ether oxygens (including phenoxy) is 4. The molecular formula is C22H29IO7. The van der Waals surface area contributed by atoms with Crippen molar-refractivity contribution in [2.24, 2.45) is 0 Å². The number of unbranched alkanes of at least 4 members (excludes halogenated alkanes) is 1. The van der Waals surface area contributed by atoms with Gasteiger partial charge in [0.25, 0.3) is 0 Å². The molecule has 0 saturated heterocycles. The predicted molar refractivity (Wildman–Crippen MR) is 120 cm³/mol. The lowest BCUT2D eigenvalue weighted by atomic mass is 9.76. The first-order chi connectivity index (χ1) is 14.4. The number of hydrogen-bond acceptors (Lipinski definition) is 7. The number of carbonyl (C=O) groups excluding carboxylic acids is 3. The van der Waals surface area contributed by atoms with E-state index < -0.39 is 23.5 Å². The molecule has 0 saturated carbocycles. The normalized spacial score (nSPS) is 11.2. The molecule has 0 N–H and O–H groups in total. The molecule has 0 aliphatic carbocycles. The molecule has 0 unspecified atom stereocenters. The number of esters is 2. The van der Waals surface area contributed by atoms with Crippen LogP contribution in [0.15, 0.2) is 36.4 Å². The number of carbonyl (C=O) groups is 3. The summed E-state index contributed by atoms with van der Waals surface area (Å²) in [5.74, 6) is -1.22. The number of benzene rings is 1. The molecule has 0 fully saturated rings. The van der Waals surface area contributed by atoms with Gasteiger partial charge in [-0.1, -0.05) is 30.4 Å². The Morgan fingerprint density at radius 1 is 0.900 bits per heavy atom. The van der Waals surface area contributed by atoms with E-state index in [0.717, 1.165) is 3.57 Å². The Kier molecular flexibility index (Phi) is 12.1. The summed E-state index contributed by atoms with van der Waals surface area (Å²) in [5, 5.41) is 0. The van der Waals surface area contributed by atoms with Crippen molar-refractivity contribution < 1.29 is 33.3 Å². The van der Waals surface area contributed by atoms with Gasteiger partial charge in [-0.15, -0.1) is 0 Å². The quantitative estimate of drug-likeness (QED) is 0.0975. The Labute approximate surface area is 191 Å². The molecule has 1 aromatic rings. The van der Waals surface area contributed by atoms with Crippen LogP contribution in [0.1, 0.15) is 45.6 Å². The molecule has 0 spiro atoms. The van der Waals surface area contributed by atoms with Gasteiger partial charge >= 0.3 is 18.1 Å². The van der Waals surface area contributed by atoms with Crippen LogP contribution in [0.2, 0.25) is 0 Å². The van der Waals surface area contributed by atoms with Gasteiger partial charge in [0, 0.05) is 3.57 Å². The topological polar surface area (TPSA) is 88.1 Å². The Hall–Kier alpha value is -2.10. The second-order valence-corrected chi connectivity index (χ2v) is 7.35. The van der Waals surface area contributed by atoms with Gasteiger partial charge < -0.3 is 18.9 Å². The molecule has 1 rings (SSSR count). The molecule has 0 radical (unpaired) electrons. The number of rotatable bonds is 12. The van der Waals surface area contributed by atoms with Crippen molar-refractivity contribution in [2.75, 3.05) is 26.4 Å². The maximum atomic E-state index is 13.0. The van der Waals surface area contributed by atoms with Crippen LogP contribution in [0, 0.1) is 3.57 Å². The van der Waals surface area contributed by atoms with Crippen molar-refractivity contribution in [3.63, 3.8) is 0 Å². The molecule has 0 heterocycles. The van der Waals surface area contributed by atoms with Crippen molar-refractivity contribution in [1.82, 2.24) is 0 Å². The molecule has 1 aromatic carbocycles. The number of allylic oxidation sites excluding steroid dienone is 1. The minimum absolute atomic E-state index is 0.0936. The smallest absolute Gasteiger partial charge is 0.465 e. The Morgan fingerprint density at radius 2 is 1.50 bits per heavy atom. The zero-order valence-corrected chi connectivity index (χ0v) is 19.8. The molecule has 8 heteroatoms. The first-order valence-corrected chi connectivity index (χ1v) is 11.1. The standard InChI is InChI=1S/C22H29IO7/c1-4-27-19(24)22(20(25)28-5-2,17-13-9-10-14-18(17)23)15-11-7-8-12-16-30-21(26)29-6-3/h8-10,12-14H,4-7,11,15-16H2,1-3H3/b12-8+. The van der Waals surface area contributed by atoms with E-state index in [0.29, 0.717) is 18.4 Å². The first kappa shape index (κ1) is 25.9. The summed E-state index contributed by atoms with van der Waals surface area (Å²) >= 11 is 2.11. The van der Waals surface area contributed by atoms with E-state index in [-0.39, 0.29) is 32.8 Å². The third-order valence-corrected chi connectivity index (χ3v) is 5.17. The highest BCUT2D eigenvalue weighted by molar-refractivity contribution is 14.1. The lowest BCUT2D eigenvalue weighted by Crippen LogP contribution is -2.47. The molecule has 0 aliphatic heterocycles. The highest BCUT2D eigenvalue weighted by atomic mass is 127. The van der Waals surface area contributed by atoms with Crippen LogP contribution in [-0.4, -0.2) is 44.5 Å². The fourth-order valence-electron chi connectivity index (χ4n) is 2.90. The third-order valence-electron chi connectivity index (χ3n) is 4.23. The molecule has 7 nitrogen and oxygen atoms in total. The largest absolute Gasteiger partial charge is 0.508 e. The minimum Gasteiger partial charge on any atom is -0.465 e. The molecule has 0 amide bonds. The van der Waals surface area contributed by atoms with E-state index in [9.17, 15) is 14.4 Å². The Bertz CT molecular complexity index is 712. The van der Waals surface area contributed by atoms with Gasteiger partial charge in [-0.2, -0.15) is 0 Å². The summed E-state index contributed by atoms with van der Waals surface area (Å²) in [6.45, 7) is 5.78.